The highest BCUT2D eigenvalue weighted by Crippen LogP contribution is 2.33. The zero-order chi connectivity index (χ0) is 18.7. The fraction of sp³-hybridized carbons (Fsp3) is 0.312. The Labute approximate surface area is 160 Å². The number of thiazole rings is 1. The monoisotopic (exact) mass is 416 g/mol. The highest BCUT2D eigenvalue weighted by atomic mass is 32.2. The molecule has 0 fully saturated rings. The summed E-state index contributed by atoms with van der Waals surface area (Å²) >= 11 is 4.44. The van der Waals surface area contributed by atoms with Crippen molar-refractivity contribution in [2.45, 2.75) is 36.2 Å². The van der Waals surface area contributed by atoms with Gasteiger partial charge in [0, 0.05) is 22.7 Å². The number of nitrogens with one attached hydrogen (secondary N) is 1. The molecule has 4 nitrogen and oxygen atoms in total. The van der Waals surface area contributed by atoms with E-state index in [1.165, 1.54) is 46.6 Å². The third-order valence-electron chi connectivity index (χ3n) is 3.17. The van der Waals surface area contributed by atoms with Crippen molar-refractivity contribution in [1.29, 1.82) is 0 Å². The molecule has 0 aliphatic carbocycles. The summed E-state index contributed by atoms with van der Waals surface area (Å²) < 4.78 is 38.7. The Kier molecular flexibility index (Phi) is 5.83. The van der Waals surface area contributed by atoms with E-state index in [0.29, 0.717) is 22.4 Å². The molecule has 1 N–H and O–H groups in total. The Hall–Kier alpha value is -1.65. The Morgan fingerprint density at radius 1 is 1.15 bits per heavy atom. The summed E-state index contributed by atoms with van der Waals surface area (Å²) in [6.45, 7) is 4.07. The first-order chi connectivity index (χ1) is 12.3. The molecule has 0 radical (unpaired) electrons. The topological polar surface area (TPSA) is 50.7 Å². The van der Waals surface area contributed by atoms with Crippen LogP contribution >= 0.6 is 34.4 Å². The van der Waals surface area contributed by atoms with Gasteiger partial charge in [0.05, 0.1) is 11.3 Å². The van der Waals surface area contributed by atoms with Crippen LogP contribution in [0.25, 0.3) is 10.6 Å². The van der Waals surface area contributed by atoms with E-state index < -0.39 is 11.7 Å². The molecule has 0 aliphatic rings. The van der Waals surface area contributed by atoms with Crippen molar-refractivity contribution in [3.63, 3.8) is 0 Å². The SMILES string of the molecule is CC(C)Nc1nnc(SCc2csc(-c3ccc(C(F)(F)F)cc3)n2)s1. The van der Waals surface area contributed by atoms with Crippen molar-refractivity contribution in [2.24, 2.45) is 0 Å². The molecule has 3 rings (SSSR count). The third-order valence-corrected chi connectivity index (χ3v) is 6.13. The van der Waals surface area contributed by atoms with E-state index >= 15 is 0 Å². The van der Waals surface area contributed by atoms with Crippen LogP contribution in [0.2, 0.25) is 0 Å². The van der Waals surface area contributed by atoms with E-state index in [0.717, 1.165) is 27.3 Å². The zero-order valence-electron chi connectivity index (χ0n) is 13.9. The number of rotatable bonds is 6. The smallest absolute Gasteiger partial charge is 0.358 e. The lowest BCUT2D eigenvalue weighted by Crippen LogP contribution is -2.08. The molecule has 0 saturated heterocycles. The summed E-state index contributed by atoms with van der Waals surface area (Å²) in [5, 5.41) is 14.8. The van der Waals surface area contributed by atoms with Crippen LogP contribution in [0, 0.1) is 0 Å². The molecule has 0 saturated carbocycles. The van der Waals surface area contributed by atoms with Crippen molar-refractivity contribution >= 4 is 39.6 Å². The number of halogens is 3. The molecule has 0 spiro atoms. The van der Waals surface area contributed by atoms with E-state index in [9.17, 15) is 13.2 Å². The van der Waals surface area contributed by atoms with Gasteiger partial charge >= 0.3 is 6.18 Å². The number of benzene rings is 1. The van der Waals surface area contributed by atoms with Gasteiger partial charge in [-0.15, -0.1) is 21.5 Å². The minimum Gasteiger partial charge on any atom is -0.358 e. The fourth-order valence-corrected chi connectivity index (χ4v) is 4.74. The van der Waals surface area contributed by atoms with Gasteiger partial charge in [-0.1, -0.05) is 35.2 Å². The summed E-state index contributed by atoms with van der Waals surface area (Å²) in [6.07, 6.45) is -4.33. The Morgan fingerprint density at radius 3 is 2.54 bits per heavy atom. The number of aromatic nitrogens is 3. The molecule has 0 bridgehead atoms. The predicted molar refractivity (Wildman–Crippen MR) is 101 cm³/mol. The lowest BCUT2D eigenvalue weighted by molar-refractivity contribution is -0.137. The van der Waals surface area contributed by atoms with Crippen LogP contribution in [0.15, 0.2) is 34.0 Å². The first-order valence-electron chi connectivity index (χ1n) is 7.66. The summed E-state index contributed by atoms with van der Waals surface area (Å²) in [5.41, 5.74) is 0.887. The van der Waals surface area contributed by atoms with E-state index in [-0.39, 0.29) is 0 Å². The van der Waals surface area contributed by atoms with Crippen molar-refractivity contribution in [2.75, 3.05) is 5.32 Å². The maximum Gasteiger partial charge on any atom is 0.416 e. The maximum atomic E-state index is 12.6. The molecule has 2 heterocycles. The average molecular weight is 417 g/mol. The summed E-state index contributed by atoms with van der Waals surface area (Å²) in [6, 6.07) is 5.36. The number of hydrogen-bond donors (Lipinski definition) is 1. The number of thioether (sulfide) groups is 1. The van der Waals surface area contributed by atoms with Crippen LogP contribution in [0.4, 0.5) is 18.3 Å². The quantitative estimate of drug-likeness (QED) is 0.515. The van der Waals surface area contributed by atoms with E-state index in [4.69, 9.17) is 0 Å². The molecule has 26 heavy (non-hydrogen) atoms. The molecule has 0 amide bonds. The van der Waals surface area contributed by atoms with Crippen molar-refractivity contribution in [1.82, 2.24) is 15.2 Å². The zero-order valence-corrected chi connectivity index (χ0v) is 16.3. The van der Waals surface area contributed by atoms with E-state index in [1.807, 2.05) is 19.2 Å². The first kappa shape index (κ1) is 19.1. The average Bonchev–Trinajstić information content (AvgIpc) is 3.21. The second-order valence-corrected chi connectivity index (χ2v) is 8.74. The minimum atomic E-state index is -4.33. The van der Waals surface area contributed by atoms with Gasteiger partial charge in [-0.05, 0) is 26.0 Å². The van der Waals surface area contributed by atoms with Gasteiger partial charge < -0.3 is 5.32 Å². The molecule has 0 aliphatic heterocycles. The summed E-state index contributed by atoms with van der Waals surface area (Å²) in [7, 11) is 0. The highest BCUT2D eigenvalue weighted by molar-refractivity contribution is 8.00. The second kappa shape index (κ2) is 7.93. The Balaban J connectivity index is 1.62. The Bertz CT molecular complexity index is 856. The van der Waals surface area contributed by atoms with E-state index in [2.05, 4.69) is 20.5 Å². The lowest BCUT2D eigenvalue weighted by Gasteiger charge is -2.06. The second-order valence-electron chi connectivity index (χ2n) is 5.68. The van der Waals surface area contributed by atoms with Crippen LogP contribution in [0.5, 0.6) is 0 Å². The molecule has 1 aromatic carbocycles. The van der Waals surface area contributed by atoms with Gasteiger partial charge in [0.25, 0.3) is 0 Å². The molecule has 10 heteroatoms. The number of nitrogens with zero attached hydrogens (tertiary/aromatic N) is 3. The van der Waals surface area contributed by atoms with Crippen LogP contribution in [-0.4, -0.2) is 21.2 Å². The van der Waals surface area contributed by atoms with Crippen LogP contribution < -0.4 is 5.32 Å². The lowest BCUT2D eigenvalue weighted by atomic mass is 10.1. The van der Waals surface area contributed by atoms with Crippen molar-refractivity contribution in [3.05, 3.63) is 40.9 Å². The van der Waals surface area contributed by atoms with E-state index in [1.54, 1.807) is 0 Å². The number of hydrogen-bond acceptors (Lipinski definition) is 7. The van der Waals surface area contributed by atoms with Gasteiger partial charge in [0.2, 0.25) is 5.13 Å². The van der Waals surface area contributed by atoms with Crippen molar-refractivity contribution < 1.29 is 13.2 Å². The molecular weight excluding hydrogens is 401 g/mol. The normalized spacial score (nSPS) is 11.9. The number of alkyl halides is 3. The molecule has 0 unspecified atom stereocenters. The molecular formula is C16H15F3N4S3. The first-order valence-corrected chi connectivity index (χ1v) is 10.3. The molecule has 3 aromatic rings. The largest absolute Gasteiger partial charge is 0.416 e. The molecule has 138 valence electrons. The summed E-state index contributed by atoms with van der Waals surface area (Å²) in [5.74, 6) is 0.632. The van der Waals surface area contributed by atoms with Gasteiger partial charge in [0.15, 0.2) is 4.34 Å². The third kappa shape index (κ3) is 4.95. The highest BCUT2D eigenvalue weighted by Gasteiger charge is 2.30. The van der Waals surface area contributed by atoms with Gasteiger partial charge in [-0.3, -0.25) is 0 Å². The number of anilines is 1. The van der Waals surface area contributed by atoms with Crippen LogP contribution in [0.1, 0.15) is 25.1 Å². The Morgan fingerprint density at radius 2 is 1.88 bits per heavy atom. The van der Waals surface area contributed by atoms with Crippen molar-refractivity contribution in [3.8, 4) is 10.6 Å². The summed E-state index contributed by atoms with van der Waals surface area (Å²) in [4.78, 5) is 4.50. The van der Waals surface area contributed by atoms with Gasteiger partial charge in [-0.25, -0.2) is 4.98 Å². The fourth-order valence-electron chi connectivity index (χ4n) is 2.02. The standard InChI is InChI=1S/C16H15F3N4S3/c1-9(2)20-14-22-23-15(26-14)25-8-12-7-24-13(21-12)10-3-5-11(6-4-10)16(17,18)19/h3-7,9H,8H2,1-2H3,(H,20,22). The minimum absolute atomic E-state index is 0.297. The predicted octanol–water partition coefficient (Wildman–Crippen LogP) is 5.79. The van der Waals surface area contributed by atoms with Gasteiger partial charge in [-0.2, -0.15) is 13.2 Å². The molecule has 0 atom stereocenters. The van der Waals surface area contributed by atoms with Gasteiger partial charge in [0.1, 0.15) is 5.01 Å². The molecule has 2 aromatic heterocycles. The maximum absolute atomic E-state index is 12.6. The van der Waals surface area contributed by atoms with Crippen LogP contribution in [-0.2, 0) is 11.9 Å². The van der Waals surface area contributed by atoms with Crippen LogP contribution in [0.3, 0.4) is 0 Å².